The molecular weight excluding hydrogens is 640 g/mol. The van der Waals surface area contributed by atoms with Gasteiger partial charge in [-0.3, -0.25) is 29.8 Å². The van der Waals surface area contributed by atoms with Gasteiger partial charge in [0.05, 0.1) is 21.0 Å². The largest absolute Gasteiger partial charge is 0.438 e. The predicted octanol–water partition coefficient (Wildman–Crippen LogP) is 7.81. The van der Waals surface area contributed by atoms with Gasteiger partial charge < -0.3 is 8.83 Å². The third-order valence-corrected chi connectivity index (χ3v) is 7.88. The molecule has 0 aliphatic rings. The summed E-state index contributed by atoms with van der Waals surface area (Å²) in [6.45, 7) is 0. The molecule has 0 unspecified atom stereocenters. The number of carbonyl (C=O) groups is 2. The summed E-state index contributed by atoms with van der Waals surface area (Å²) in [5.41, 5.74) is 2.29. The van der Waals surface area contributed by atoms with Crippen molar-refractivity contribution in [2.45, 2.75) is 0 Å². The van der Waals surface area contributed by atoms with E-state index in [0.29, 0.717) is 44.2 Å². The number of non-ortho nitro benzene ring substituents is 2. The van der Waals surface area contributed by atoms with Crippen molar-refractivity contribution in [1.29, 1.82) is 0 Å². The van der Waals surface area contributed by atoms with Crippen LogP contribution in [0.25, 0.3) is 44.2 Å². The van der Waals surface area contributed by atoms with Crippen LogP contribution >= 0.6 is 0 Å². The summed E-state index contributed by atoms with van der Waals surface area (Å²) in [5.74, 6) is -1.59. The van der Waals surface area contributed by atoms with E-state index in [0.717, 1.165) is 0 Å². The Balaban J connectivity index is 1.34. The first kappa shape index (κ1) is 31.3. The second-order valence-electron chi connectivity index (χ2n) is 11.0. The number of nitro groups is 2. The Hall–Kier alpha value is -7.34. The summed E-state index contributed by atoms with van der Waals surface area (Å²) >= 11 is 0. The Morgan fingerprint density at radius 1 is 0.500 bits per heavy atom. The molecule has 50 heavy (non-hydrogen) atoms. The van der Waals surface area contributed by atoms with Crippen molar-refractivity contribution in [2.75, 3.05) is 0 Å². The van der Waals surface area contributed by atoms with Crippen LogP contribution in [-0.2, 0) is 0 Å². The smallest absolute Gasteiger partial charge is 0.281 e. The normalized spacial score (nSPS) is 11.9. The topological polar surface area (TPSA) is 171 Å². The van der Waals surface area contributed by atoms with Gasteiger partial charge in [0.2, 0.25) is 11.1 Å². The molecule has 2 amide bonds. The summed E-state index contributed by atoms with van der Waals surface area (Å²) in [6, 6.07) is 35.3. The first-order chi connectivity index (χ1) is 24.2. The SMILES string of the molecule is O=C(N=c1oc2ccccc2cc1-c1ccc([N+](=O)[O-])cc1)c1ccccc1C(=O)N=c1oc2ccccc2cc1-c1ccc([N+](=O)[O-])cc1. The van der Waals surface area contributed by atoms with Gasteiger partial charge in [-0.05, 0) is 71.8 Å². The molecule has 2 aromatic heterocycles. The highest BCUT2D eigenvalue weighted by molar-refractivity contribution is 6.08. The predicted molar refractivity (Wildman–Crippen MR) is 183 cm³/mol. The van der Waals surface area contributed by atoms with Crippen molar-refractivity contribution in [2.24, 2.45) is 9.98 Å². The number of rotatable bonds is 6. The van der Waals surface area contributed by atoms with Gasteiger partial charge in [0.1, 0.15) is 11.2 Å². The number of nitrogens with zero attached hydrogens (tertiary/aromatic N) is 4. The molecule has 0 atom stereocenters. The van der Waals surface area contributed by atoms with Gasteiger partial charge in [0.15, 0.2) is 0 Å². The molecule has 0 bridgehead atoms. The van der Waals surface area contributed by atoms with Crippen molar-refractivity contribution in [3.8, 4) is 22.3 Å². The maximum absolute atomic E-state index is 13.8. The van der Waals surface area contributed by atoms with E-state index in [1.54, 1.807) is 48.5 Å². The zero-order chi connectivity index (χ0) is 34.8. The van der Waals surface area contributed by atoms with E-state index >= 15 is 0 Å². The Morgan fingerprint density at radius 3 is 1.24 bits per heavy atom. The van der Waals surface area contributed by atoms with Crippen molar-refractivity contribution in [1.82, 2.24) is 0 Å². The quantitative estimate of drug-likeness (QED) is 0.128. The fourth-order valence-electron chi connectivity index (χ4n) is 5.40. The number of benzene rings is 5. The molecule has 0 aliphatic heterocycles. The summed E-state index contributed by atoms with van der Waals surface area (Å²) in [6.07, 6.45) is 0. The van der Waals surface area contributed by atoms with Crippen molar-refractivity contribution in [3.05, 3.63) is 176 Å². The minimum Gasteiger partial charge on any atom is -0.438 e. The number of carbonyl (C=O) groups excluding carboxylic acids is 2. The lowest BCUT2D eigenvalue weighted by atomic mass is 10.0. The second kappa shape index (κ2) is 13.0. The number of nitro benzene ring substituents is 2. The molecule has 0 N–H and O–H groups in total. The standard InChI is InChI=1S/C38H22N4O8/c43-35(39-37-31(21-25-7-1-5-11-33(25)49-37)23-13-17-27(18-14-23)41(45)46)29-9-3-4-10-30(29)36(44)40-38-32(22-26-8-2-6-12-34(26)50-38)24-15-19-28(20-16-24)42(47)48/h1-22H. The lowest BCUT2D eigenvalue weighted by molar-refractivity contribution is -0.385. The van der Waals surface area contributed by atoms with Gasteiger partial charge in [0, 0.05) is 46.2 Å². The molecule has 7 rings (SSSR count). The second-order valence-corrected chi connectivity index (χ2v) is 11.0. The van der Waals surface area contributed by atoms with E-state index in [4.69, 9.17) is 8.83 Å². The number of para-hydroxylation sites is 2. The fourth-order valence-corrected chi connectivity index (χ4v) is 5.40. The zero-order valence-corrected chi connectivity index (χ0v) is 25.8. The monoisotopic (exact) mass is 662 g/mol. The van der Waals surface area contributed by atoms with E-state index in [1.807, 2.05) is 24.3 Å². The molecule has 0 saturated carbocycles. The lowest BCUT2D eigenvalue weighted by Crippen LogP contribution is -2.15. The van der Waals surface area contributed by atoms with Crippen molar-refractivity contribution in [3.63, 3.8) is 0 Å². The minimum absolute atomic E-state index is 0.0584. The molecule has 12 heteroatoms. The fraction of sp³-hybridized carbons (Fsp3) is 0. The number of fused-ring (bicyclic) bond motifs is 2. The van der Waals surface area contributed by atoms with Crippen molar-refractivity contribution >= 4 is 45.1 Å². The summed E-state index contributed by atoms with van der Waals surface area (Å²) in [7, 11) is 0. The highest BCUT2D eigenvalue weighted by atomic mass is 16.6. The lowest BCUT2D eigenvalue weighted by Gasteiger charge is -2.07. The van der Waals surface area contributed by atoms with Crippen LogP contribution in [0.1, 0.15) is 20.7 Å². The molecular formula is C38H22N4O8. The summed E-state index contributed by atoms with van der Waals surface area (Å²) < 4.78 is 12.1. The molecule has 0 saturated heterocycles. The average molecular weight is 663 g/mol. The third-order valence-electron chi connectivity index (χ3n) is 7.88. The molecule has 0 aliphatic carbocycles. The van der Waals surface area contributed by atoms with Crippen molar-refractivity contribution < 1.29 is 28.3 Å². The molecule has 0 radical (unpaired) electrons. The average Bonchev–Trinajstić information content (AvgIpc) is 3.14. The maximum Gasteiger partial charge on any atom is 0.281 e. The van der Waals surface area contributed by atoms with E-state index in [1.165, 1.54) is 60.7 Å². The Labute approximate surface area is 281 Å². The molecule has 242 valence electrons. The first-order valence-electron chi connectivity index (χ1n) is 15.1. The highest BCUT2D eigenvalue weighted by Gasteiger charge is 2.19. The van der Waals surface area contributed by atoms with Crippen LogP contribution < -0.4 is 11.1 Å². The van der Waals surface area contributed by atoms with Gasteiger partial charge >= 0.3 is 0 Å². The summed E-state index contributed by atoms with van der Waals surface area (Å²) in [4.78, 5) is 57.6. The van der Waals surface area contributed by atoms with E-state index in [-0.39, 0.29) is 33.6 Å². The van der Waals surface area contributed by atoms with E-state index in [9.17, 15) is 29.8 Å². The number of amides is 2. The van der Waals surface area contributed by atoms with E-state index in [2.05, 4.69) is 9.98 Å². The Morgan fingerprint density at radius 2 is 0.860 bits per heavy atom. The molecule has 2 heterocycles. The highest BCUT2D eigenvalue weighted by Crippen LogP contribution is 2.25. The van der Waals surface area contributed by atoms with Gasteiger partial charge in [-0.2, -0.15) is 9.98 Å². The Bertz CT molecular complexity index is 2460. The van der Waals surface area contributed by atoms with Crippen LogP contribution in [0.5, 0.6) is 0 Å². The van der Waals surface area contributed by atoms with Crippen LogP contribution in [0, 0.1) is 20.2 Å². The van der Waals surface area contributed by atoms with Crippen LogP contribution in [0.15, 0.2) is 152 Å². The number of hydrogen-bond acceptors (Lipinski definition) is 8. The number of hydrogen-bond donors (Lipinski definition) is 0. The van der Waals surface area contributed by atoms with Crippen LogP contribution in [0.4, 0.5) is 11.4 Å². The Kier molecular flexibility index (Phi) is 8.16. The molecule has 0 spiro atoms. The molecule has 5 aromatic carbocycles. The first-order valence-corrected chi connectivity index (χ1v) is 15.1. The van der Waals surface area contributed by atoms with Crippen LogP contribution in [0.2, 0.25) is 0 Å². The zero-order valence-electron chi connectivity index (χ0n) is 25.8. The van der Waals surface area contributed by atoms with Gasteiger partial charge in [-0.1, -0.05) is 48.5 Å². The van der Waals surface area contributed by atoms with Crippen LogP contribution in [-0.4, -0.2) is 21.7 Å². The van der Waals surface area contributed by atoms with Crippen LogP contribution in [0.3, 0.4) is 0 Å². The molecule has 7 aromatic rings. The van der Waals surface area contributed by atoms with E-state index < -0.39 is 21.7 Å². The van der Waals surface area contributed by atoms with Gasteiger partial charge in [0.25, 0.3) is 23.2 Å². The summed E-state index contributed by atoms with van der Waals surface area (Å²) in [5, 5.41) is 23.9. The minimum atomic E-state index is -0.794. The maximum atomic E-state index is 13.8. The third kappa shape index (κ3) is 6.19. The van der Waals surface area contributed by atoms with Gasteiger partial charge in [-0.25, -0.2) is 0 Å². The molecule has 0 fully saturated rings. The van der Waals surface area contributed by atoms with Gasteiger partial charge in [-0.15, -0.1) is 0 Å². The molecule has 12 nitrogen and oxygen atoms in total.